The van der Waals surface area contributed by atoms with Gasteiger partial charge in [-0.3, -0.25) is 0 Å². The van der Waals surface area contributed by atoms with Crippen LogP contribution >= 0.6 is 0 Å². The first-order valence-corrected chi connectivity index (χ1v) is 9.39. The number of aromatic nitrogens is 2. The van der Waals surface area contributed by atoms with E-state index in [2.05, 4.69) is 9.97 Å². The number of rotatable bonds is 5. The third-order valence-electron chi connectivity index (χ3n) is 4.69. The van der Waals surface area contributed by atoms with E-state index < -0.39 is 18.3 Å². The first kappa shape index (κ1) is 19.7. The highest BCUT2D eigenvalue weighted by atomic mass is 16.5. The normalized spacial score (nSPS) is 11.6. The molecule has 0 spiro atoms. The van der Waals surface area contributed by atoms with Crippen molar-refractivity contribution >= 4 is 22.6 Å². The minimum Gasteiger partial charge on any atom is -0.508 e. The predicted molar refractivity (Wildman–Crippen MR) is 115 cm³/mol. The Morgan fingerprint density at radius 3 is 2.29 bits per heavy atom. The summed E-state index contributed by atoms with van der Waals surface area (Å²) >= 11 is 0. The second-order valence-electron chi connectivity index (χ2n) is 6.74. The topological polar surface area (TPSA) is 119 Å². The van der Waals surface area contributed by atoms with Gasteiger partial charge >= 0.3 is 5.97 Å². The van der Waals surface area contributed by atoms with Crippen LogP contribution in [0.5, 0.6) is 5.75 Å². The maximum atomic E-state index is 12.3. The maximum Gasteiger partial charge on any atom is 0.338 e. The van der Waals surface area contributed by atoms with Crippen molar-refractivity contribution in [2.75, 3.05) is 6.61 Å². The van der Waals surface area contributed by atoms with Gasteiger partial charge in [-0.1, -0.05) is 36.4 Å². The molecule has 1 aromatic heterocycles. The summed E-state index contributed by atoms with van der Waals surface area (Å²) in [5, 5.41) is 29.1. The number of carbonyl (C=O) groups excluding carboxylic acids is 1. The first-order valence-electron chi connectivity index (χ1n) is 9.39. The Balaban J connectivity index is 1.46. The van der Waals surface area contributed by atoms with E-state index in [1.165, 1.54) is 0 Å². The van der Waals surface area contributed by atoms with E-state index in [9.17, 15) is 20.3 Å². The number of allylic oxidation sites excluding steroid dienone is 1. The standard InChI is InChI=1S/C24H17N3O4/c25-13-19(23-26-20-3-1-2-4-21(20)27-23)22(29)14-31-24(30)17-7-5-15(6-8-17)16-9-11-18(28)12-10-16/h1-12,28-29H,14H2,(H,26,27)/b22-19-. The van der Waals surface area contributed by atoms with Gasteiger partial charge in [-0.15, -0.1) is 0 Å². The number of fused-ring (bicyclic) bond motifs is 1. The Morgan fingerprint density at radius 2 is 1.65 bits per heavy atom. The van der Waals surface area contributed by atoms with E-state index in [-0.39, 0.29) is 17.1 Å². The Bertz CT molecular complexity index is 1280. The second kappa shape index (κ2) is 8.43. The summed E-state index contributed by atoms with van der Waals surface area (Å²) in [4.78, 5) is 19.6. The number of carbonyl (C=O) groups is 1. The van der Waals surface area contributed by atoms with Crippen LogP contribution in [0, 0.1) is 11.3 Å². The van der Waals surface area contributed by atoms with Gasteiger partial charge in [0.15, 0.2) is 11.6 Å². The summed E-state index contributed by atoms with van der Waals surface area (Å²) in [6.07, 6.45) is 0. The molecule has 0 saturated heterocycles. The van der Waals surface area contributed by atoms with Gasteiger partial charge < -0.3 is 19.9 Å². The number of phenolic OH excluding ortho intramolecular Hbond substituents is 1. The summed E-state index contributed by atoms with van der Waals surface area (Å²) in [5.41, 5.74) is 3.36. The Labute approximate surface area is 177 Å². The summed E-state index contributed by atoms with van der Waals surface area (Å²) in [5.74, 6) is -0.645. The van der Waals surface area contributed by atoms with E-state index in [1.54, 1.807) is 60.7 Å². The molecule has 7 heteroatoms. The van der Waals surface area contributed by atoms with Crippen LogP contribution in [0.2, 0.25) is 0 Å². The molecule has 1 heterocycles. The van der Waals surface area contributed by atoms with Gasteiger partial charge in [0.05, 0.1) is 16.6 Å². The van der Waals surface area contributed by atoms with Crippen LogP contribution in [0.15, 0.2) is 78.6 Å². The van der Waals surface area contributed by atoms with Gasteiger partial charge in [-0.05, 0) is 47.5 Å². The molecule has 4 aromatic rings. The van der Waals surface area contributed by atoms with Crippen molar-refractivity contribution in [1.29, 1.82) is 5.26 Å². The van der Waals surface area contributed by atoms with Crippen LogP contribution in [0.25, 0.3) is 27.7 Å². The number of nitrogens with one attached hydrogen (secondary N) is 1. The first-order chi connectivity index (χ1) is 15.0. The number of nitriles is 1. The molecule has 152 valence electrons. The lowest BCUT2D eigenvalue weighted by molar-refractivity contribution is 0.0503. The van der Waals surface area contributed by atoms with Gasteiger partial charge in [0.2, 0.25) is 0 Å². The number of para-hydroxylation sites is 2. The molecule has 3 aromatic carbocycles. The fourth-order valence-corrected chi connectivity index (χ4v) is 3.07. The molecular weight excluding hydrogens is 394 g/mol. The number of hydrogen-bond acceptors (Lipinski definition) is 6. The monoisotopic (exact) mass is 411 g/mol. The lowest BCUT2D eigenvalue weighted by Gasteiger charge is -2.07. The SMILES string of the molecule is N#C/C(=C(/O)COC(=O)c1ccc(-c2ccc(O)cc2)cc1)c1nc2ccccc2[nH]1. The molecule has 0 aliphatic carbocycles. The van der Waals surface area contributed by atoms with Crippen LogP contribution in [-0.2, 0) is 4.74 Å². The molecule has 4 rings (SSSR count). The highest BCUT2D eigenvalue weighted by Crippen LogP contribution is 2.23. The molecule has 31 heavy (non-hydrogen) atoms. The van der Waals surface area contributed by atoms with E-state index in [0.29, 0.717) is 11.1 Å². The maximum absolute atomic E-state index is 12.3. The van der Waals surface area contributed by atoms with Gasteiger partial charge in [-0.2, -0.15) is 5.26 Å². The number of H-pyrrole nitrogens is 1. The van der Waals surface area contributed by atoms with Gasteiger partial charge in [0.1, 0.15) is 24.0 Å². The predicted octanol–water partition coefficient (Wildman–Crippen LogP) is 4.59. The smallest absolute Gasteiger partial charge is 0.338 e. The largest absolute Gasteiger partial charge is 0.508 e. The summed E-state index contributed by atoms with van der Waals surface area (Å²) in [6, 6.07) is 22.6. The molecule has 0 aliphatic heterocycles. The molecule has 0 unspecified atom stereocenters. The highest BCUT2D eigenvalue weighted by molar-refractivity contribution is 5.90. The van der Waals surface area contributed by atoms with Crippen molar-refractivity contribution in [3.8, 4) is 22.9 Å². The fourth-order valence-electron chi connectivity index (χ4n) is 3.07. The molecule has 0 radical (unpaired) electrons. The third kappa shape index (κ3) is 4.23. The Morgan fingerprint density at radius 1 is 1.00 bits per heavy atom. The minimum absolute atomic E-state index is 0.0910. The van der Waals surface area contributed by atoms with Gasteiger partial charge in [-0.25, -0.2) is 9.78 Å². The van der Waals surface area contributed by atoms with Gasteiger partial charge in [0.25, 0.3) is 0 Å². The van der Waals surface area contributed by atoms with Gasteiger partial charge in [0, 0.05) is 0 Å². The minimum atomic E-state index is -0.634. The Hall–Kier alpha value is -4.57. The van der Waals surface area contributed by atoms with Crippen LogP contribution < -0.4 is 0 Å². The molecule has 3 N–H and O–H groups in total. The average Bonchev–Trinajstić information content (AvgIpc) is 3.22. The number of nitrogens with zero attached hydrogens (tertiary/aromatic N) is 2. The van der Waals surface area contributed by atoms with Crippen molar-refractivity contribution in [3.05, 3.63) is 89.9 Å². The van der Waals surface area contributed by atoms with E-state index in [4.69, 9.17) is 4.74 Å². The zero-order chi connectivity index (χ0) is 21.8. The van der Waals surface area contributed by atoms with Crippen molar-refractivity contribution in [1.82, 2.24) is 9.97 Å². The summed E-state index contributed by atoms with van der Waals surface area (Å²) < 4.78 is 5.16. The summed E-state index contributed by atoms with van der Waals surface area (Å²) in [6.45, 7) is -0.460. The molecule has 0 amide bonds. The van der Waals surface area contributed by atoms with E-state index in [0.717, 1.165) is 16.6 Å². The zero-order valence-electron chi connectivity index (χ0n) is 16.2. The van der Waals surface area contributed by atoms with Crippen molar-refractivity contribution in [2.24, 2.45) is 0 Å². The van der Waals surface area contributed by atoms with Crippen molar-refractivity contribution < 1.29 is 19.7 Å². The zero-order valence-corrected chi connectivity index (χ0v) is 16.2. The van der Waals surface area contributed by atoms with Crippen LogP contribution in [-0.4, -0.2) is 32.8 Å². The molecule has 0 fully saturated rings. The molecule has 0 aliphatic rings. The number of esters is 1. The molecule has 7 nitrogen and oxygen atoms in total. The highest BCUT2D eigenvalue weighted by Gasteiger charge is 2.15. The number of ether oxygens (including phenoxy) is 1. The van der Waals surface area contributed by atoms with Crippen LogP contribution in [0.4, 0.5) is 0 Å². The van der Waals surface area contributed by atoms with E-state index >= 15 is 0 Å². The number of benzene rings is 3. The quantitative estimate of drug-likeness (QED) is 0.251. The van der Waals surface area contributed by atoms with Crippen LogP contribution in [0.1, 0.15) is 16.2 Å². The number of aromatic hydroxyl groups is 1. The number of aromatic amines is 1. The number of aliphatic hydroxyl groups excluding tert-OH is 1. The fraction of sp³-hybridized carbons (Fsp3) is 0.0417. The number of imidazole rings is 1. The lowest BCUT2D eigenvalue weighted by atomic mass is 10.0. The molecule has 0 saturated carbocycles. The number of phenols is 1. The number of hydrogen-bond donors (Lipinski definition) is 3. The Kier molecular flexibility index (Phi) is 5.37. The van der Waals surface area contributed by atoms with Crippen molar-refractivity contribution in [2.45, 2.75) is 0 Å². The number of aliphatic hydroxyl groups is 1. The van der Waals surface area contributed by atoms with Crippen molar-refractivity contribution in [3.63, 3.8) is 0 Å². The second-order valence-corrected chi connectivity index (χ2v) is 6.74. The molecular formula is C24H17N3O4. The van der Waals surface area contributed by atoms with E-state index in [1.807, 2.05) is 18.2 Å². The molecule has 0 bridgehead atoms. The molecule has 0 atom stereocenters. The lowest BCUT2D eigenvalue weighted by Crippen LogP contribution is -2.09. The third-order valence-corrected chi connectivity index (χ3v) is 4.69. The van der Waals surface area contributed by atoms with Crippen LogP contribution in [0.3, 0.4) is 0 Å². The summed E-state index contributed by atoms with van der Waals surface area (Å²) in [7, 11) is 0. The average molecular weight is 411 g/mol.